The molecule has 0 fully saturated rings. The number of esters is 4. The minimum atomic E-state index is -0.835. The first kappa shape index (κ1) is 47.2. The fourth-order valence-corrected chi connectivity index (χ4v) is 4.39. The molecule has 10 heteroatoms. The summed E-state index contributed by atoms with van der Waals surface area (Å²) in [7, 11) is 0. The van der Waals surface area contributed by atoms with Crippen molar-refractivity contribution >= 4 is 23.9 Å². The monoisotopic (exact) mass is 716 g/mol. The van der Waals surface area contributed by atoms with Gasteiger partial charge in [0.25, 0.3) is 0 Å². The molecule has 0 aromatic heterocycles. The Morgan fingerprint density at radius 3 is 1.49 bits per heavy atom. The lowest BCUT2D eigenvalue weighted by Crippen LogP contribution is -2.31. The molecule has 0 spiro atoms. The lowest BCUT2D eigenvalue weighted by Gasteiger charge is -2.25. The van der Waals surface area contributed by atoms with Crippen LogP contribution in [0.4, 0.5) is 0 Å². The van der Waals surface area contributed by atoms with E-state index >= 15 is 0 Å². The van der Waals surface area contributed by atoms with E-state index in [0.717, 1.165) is 12.0 Å². The highest BCUT2D eigenvalue weighted by atomic mass is 16.6. The molecule has 0 atom stereocenters. The summed E-state index contributed by atoms with van der Waals surface area (Å²) < 4.78 is 19.8. The number of ether oxygens (including phenoxy) is 4. The van der Waals surface area contributed by atoms with Crippen LogP contribution in [0.15, 0.2) is 48.5 Å². The van der Waals surface area contributed by atoms with Gasteiger partial charge in [-0.2, -0.15) is 0 Å². The Balaban J connectivity index is 0.000000760. The highest BCUT2D eigenvalue weighted by Gasteiger charge is 2.29. The van der Waals surface area contributed by atoms with Crippen LogP contribution in [0.25, 0.3) is 0 Å². The molecule has 0 aliphatic rings. The highest BCUT2D eigenvalue weighted by Crippen LogP contribution is 2.29. The predicted octanol–water partition coefficient (Wildman–Crippen LogP) is 7.20. The van der Waals surface area contributed by atoms with Gasteiger partial charge in [0.15, 0.2) is 0 Å². The van der Waals surface area contributed by atoms with Crippen molar-refractivity contribution in [2.24, 2.45) is 16.7 Å². The number of carbonyl (C=O) groups excluding carboxylic acids is 4. The quantitative estimate of drug-likeness (QED) is 0.127. The first-order valence-electron chi connectivity index (χ1n) is 17.8. The van der Waals surface area contributed by atoms with Crippen LogP contribution in [0.1, 0.15) is 110 Å². The van der Waals surface area contributed by atoms with E-state index in [4.69, 9.17) is 29.2 Å². The maximum Gasteiger partial charge on any atom is 0.331 e. The van der Waals surface area contributed by atoms with Crippen molar-refractivity contribution in [2.45, 2.75) is 114 Å². The average molecular weight is 717 g/mol. The second kappa shape index (κ2) is 23.7. The standard InChI is InChI=1S/C14H24O8.C14H22.C13H18O2/c1-4-14(2,3)13(19)22-9-10(7-20-11(17)5-15)8-21-12(18)6-16;1-6-7-14(4,5)13-9-11(2)8-12(3)10-13;1-4-13(2,3)12(14)15-10-11-8-6-5-7-9-11/h10,15-16H,4-9H2,1-3H3;8-10H,6-7H2,1-5H3;5-9H,4,10H2,1-3H3. The number of benzene rings is 2. The summed E-state index contributed by atoms with van der Waals surface area (Å²) in [5, 5.41) is 17.2. The van der Waals surface area contributed by atoms with Crippen molar-refractivity contribution in [3.63, 3.8) is 0 Å². The van der Waals surface area contributed by atoms with Gasteiger partial charge in [0, 0.05) is 0 Å². The van der Waals surface area contributed by atoms with Gasteiger partial charge in [-0.1, -0.05) is 101 Å². The first-order chi connectivity index (χ1) is 23.8. The molecule has 0 radical (unpaired) electrons. The van der Waals surface area contributed by atoms with Gasteiger partial charge in [-0.25, -0.2) is 9.59 Å². The molecule has 0 amide bonds. The molecule has 0 bridgehead atoms. The summed E-state index contributed by atoms with van der Waals surface area (Å²) in [4.78, 5) is 45.4. The second-order valence-electron chi connectivity index (χ2n) is 14.7. The third-order valence-electron chi connectivity index (χ3n) is 8.63. The number of hydrogen-bond acceptors (Lipinski definition) is 10. The van der Waals surface area contributed by atoms with Crippen molar-refractivity contribution in [2.75, 3.05) is 33.0 Å². The smallest absolute Gasteiger partial charge is 0.331 e. The number of hydrogen-bond donors (Lipinski definition) is 2. The van der Waals surface area contributed by atoms with Gasteiger partial charge in [0.1, 0.15) is 39.6 Å². The molecule has 0 unspecified atom stereocenters. The van der Waals surface area contributed by atoms with E-state index in [0.29, 0.717) is 18.4 Å². The van der Waals surface area contributed by atoms with Crippen molar-refractivity contribution in [3.8, 4) is 0 Å². The van der Waals surface area contributed by atoms with Crippen LogP contribution < -0.4 is 0 Å². The maximum atomic E-state index is 11.9. The Bertz CT molecular complexity index is 1290. The van der Waals surface area contributed by atoms with Crippen LogP contribution in [-0.4, -0.2) is 67.1 Å². The topological polar surface area (TPSA) is 146 Å². The van der Waals surface area contributed by atoms with Crippen LogP contribution in [0.5, 0.6) is 0 Å². The van der Waals surface area contributed by atoms with Gasteiger partial charge in [0.2, 0.25) is 0 Å². The van der Waals surface area contributed by atoms with Crippen LogP contribution >= 0.6 is 0 Å². The Kier molecular flexibility index (Phi) is 21.9. The molecular weight excluding hydrogens is 652 g/mol. The van der Waals surface area contributed by atoms with E-state index in [9.17, 15) is 19.2 Å². The van der Waals surface area contributed by atoms with Crippen molar-refractivity contribution in [1.82, 2.24) is 0 Å². The van der Waals surface area contributed by atoms with Crippen molar-refractivity contribution in [1.29, 1.82) is 0 Å². The molecular formula is C41H64O10. The van der Waals surface area contributed by atoms with Crippen molar-refractivity contribution in [3.05, 3.63) is 70.8 Å². The Labute approximate surface area is 306 Å². The number of aliphatic hydroxyl groups is 2. The van der Waals surface area contributed by atoms with Gasteiger partial charge < -0.3 is 29.2 Å². The third-order valence-corrected chi connectivity index (χ3v) is 8.63. The average Bonchev–Trinajstić information content (AvgIpc) is 3.10. The first-order valence-corrected chi connectivity index (χ1v) is 17.8. The fourth-order valence-electron chi connectivity index (χ4n) is 4.39. The van der Waals surface area contributed by atoms with Crippen LogP contribution in [0.3, 0.4) is 0 Å². The summed E-state index contributed by atoms with van der Waals surface area (Å²) in [6.45, 7) is 20.8. The molecule has 10 nitrogen and oxygen atoms in total. The van der Waals surface area contributed by atoms with Gasteiger partial charge in [-0.15, -0.1) is 0 Å². The molecule has 288 valence electrons. The van der Waals surface area contributed by atoms with Crippen molar-refractivity contribution < 1.29 is 48.3 Å². The third kappa shape index (κ3) is 19.4. The molecule has 0 heterocycles. The lowest BCUT2D eigenvalue weighted by molar-refractivity contribution is -0.160. The van der Waals surface area contributed by atoms with E-state index < -0.39 is 42.5 Å². The van der Waals surface area contributed by atoms with Gasteiger partial charge in [0.05, 0.1) is 16.7 Å². The predicted molar refractivity (Wildman–Crippen MR) is 199 cm³/mol. The zero-order chi connectivity index (χ0) is 39.3. The summed E-state index contributed by atoms with van der Waals surface area (Å²) in [5.74, 6) is -2.80. The van der Waals surface area contributed by atoms with E-state index in [-0.39, 0.29) is 31.2 Å². The largest absolute Gasteiger partial charge is 0.465 e. The molecule has 0 aliphatic carbocycles. The second-order valence-corrected chi connectivity index (χ2v) is 14.7. The van der Waals surface area contributed by atoms with E-state index in [1.807, 2.05) is 58.0 Å². The zero-order valence-corrected chi connectivity index (χ0v) is 32.9. The number of rotatable bonds is 17. The summed E-state index contributed by atoms with van der Waals surface area (Å²) in [6.07, 6.45) is 3.89. The Morgan fingerprint density at radius 2 is 1.08 bits per heavy atom. The molecule has 2 aromatic carbocycles. The minimum absolute atomic E-state index is 0.111. The maximum absolute atomic E-state index is 11.9. The molecule has 2 rings (SSSR count). The number of aryl methyl sites for hydroxylation is 2. The highest BCUT2D eigenvalue weighted by molar-refractivity contribution is 5.76. The van der Waals surface area contributed by atoms with Crippen LogP contribution in [0, 0.1) is 30.6 Å². The Morgan fingerprint density at radius 1 is 0.647 bits per heavy atom. The molecule has 51 heavy (non-hydrogen) atoms. The Hall–Kier alpha value is -3.76. The molecule has 2 N–H and O–H groups in total. The van der Waals surface area contributed by atoms with Crippen LogP contribution in [-0.2, 0) is 50.1 Å². The zero-order valence-electron chi connectivity index (χ0n) is 32.9. The SMILES string of the molecule is CCC(C)(C)C(=O)OCC(COC(=O)CO)COC(=O)CO.CCC(C)(C)C(=O)OCc1ccccc1.CCCC(C)(C)c1cc(C)cc(C)c1. The summed E-state index contributed by atoms with van der Waals surface area (Å²) in [5.41, 5.74) is 4.57. The van der Waals surface area contributed by atoms with Gasteiger partial charge >= 0.3 is 23.9 Å². The summed E-state index contributed by atoms with van der Waals surface area (Å²) >= 11 is 0. The van der Waals surface area contributed by atoms with E-state index in [1.165, 1.54) is 29.5 Å². The lowest BCUT2D eigenvalue weighted by atomic mass is 9.79. The molecule has 0 saturated heterocycles. The molecule has 0 aliphatic heterocycles. The van der Waals surface area contributed by atoms with E-state index in [1.54, 1.807) is 13.8 Å². The van der Waals surface area contributed by atoms with Crippen LogP contribution in [0.2, 0.25) is 0 Å². The number of carbonyl (C=O) groups is 4. The number of aliphatic hydroxyl groups excluding tert-OH is 2. The summed E-state index contributed by atoms with van der Waals surface area (Å²) in [6, 6.07) is 16.6. The normalized spacial score (nSPS) is 11.3. The minimum Gasteiger partial charge on any atom is -0.465 e. The van der Waals surface area contributed by atoms with E-state index in [2.05, 4.69) is 52.8 Å². The molecule has 2 aromatic rings. The van der Waals surface area contributed by atoms with Gasteiger partial charge in [-0.3, -0.25) is 9.59 Å². The fraction of sp³-hybridized carbons (Fsp3) is 0.610. The molecule has 0 saturated carbocycles. The van der Waals surface area contributed by atoms with Gasteiger partial charge in [-0.05, 0) is 77.3 Å².